The lowest BCUT2D eigenvalue weighted by Crippen LogP contribution is -2.43. The molecule has 1 aliphatic heterocycles. The minimum Gasteiger partial charge on any atom is -0.349 e. The van der Waals surface area contributed by atoms with Gasteiger partial charge in [-0.15, -0.1) is 0 Å². The number of hydrogen-bond acceptors (Lipinski definition) is 3. The number of nitrogens with one attached hydrogen (secondary N) is 1. The quantitative estimate of drug-likeness (QED) is 0.702. The molecule has 2 aromatic carbocycles. The van der Waals surface area contributed by atoms with Crippen molar-refractivity contribution in [1.29, 1.82) is 0 Å². The molecule has 32 heavy (non-hydrogen) atoms. The maximum absolute atomic E-state index is 13.3. The minimum atomic E-state index is -3.57. The second kappa shape index (κ2) is 9.36. The Labute approximate surface area is 193 Å². The molecule has 5 nitrogen and oxygen atoms in total. The summed E-state index contributed by atoms with van der Waals surface area (Å²) >= 11 is 0. The highest BCUT2D eigenvalue weighted by atomic mass is 32.2. The van der Waals surface area contributed by atoms with Gasteiger partial charge in [0.2, 0.25) is 15.9 Å². The van der Waals surface area contributed by atoms with Crippen molar-refractivity contribution in [3.63, 3.8) is 0 Å². The lowest BCUT2D eigenvalue weighted by atomic mass is 9.94. The number of piperidine rings is 1. The molecule has 1 saturated heterocycles. The smallest absolute Gasteiger partial charge is 0.243 e. The largest absolute Gasteiger partial charge is 0.349 e. The fourth-order valence-corrected chi connectivity index (χ4v) is 6.80. The van der Waals surface area contributed by atoms with E-state index in [1.165, 1.54) is 16.7 Å². The summed E-state index contributed by atoms with van der Waals surface area (Å²) in [5.74, 6) is -0.161. The van der Waals surface area contributed by atoms with Crippen molar-refractivity contribution < 1.29 is 13.2 Å². The van der Waals surface area contributed by atoms with Crippen LogP contribution in [-0.2, 0) is 14.8 Å². The van der Waals surface area contributed by atoms with Crippen LogP contribution in [0.1, 0.15) is 64.8 Å². The molecule has 1 heterocycles. The van der Waals surface area contributed by atoms with Gasteiger partial charge in [0.1, 0.15) is 0 Å². The first-order valence-electron chi connectivity index (χ1n) is 11.4. The van der Waals surface area contributed by atoms with Crippen LogP contribution in [0.15, 0.2) is 29.2 Å². The molecule has 1 aliphatic rings. The molecule has 2 aromatic rings. The molecule has 0 bridgehead atoms. The average Bonchev–Trinajstić information content (AvgIpc) is 2.69. The topological polar surface area (TPSA) is 66.5 Å². The zero-order chi connectivity index (χ0) is 23.8. The number of carbonyl (C=O) groups is 1. The van der Waals surface area contributed by atoms with Crippen LogP contribution in [-0.4, -0.2) is 31.7 Å². The fraction of sp³-hybridized carbons (Fsp3) is 0.500. The van der Waals surface area contributed by atoms with Gasteiger partial charge < -0.3 is 5.32 Å². The van der Waals surface area contributed by atoms with Crippen molar-refractivity contribution in [1.82, 2.24) is 9.62 Å². The van der Waals surface area contributed by atoms with Crippen molar-refractivity contribution in [2.75, 3.05) is 13.1 Å². The number of amides is 1. The van der Waals surface area contributed by atoms with E-state index in [4.69, 9.17) is 0 Å². The van der Waals surface area contributed by atoms with E-state index in [2.05, 4.69) is 38.2 Å². The van der Waals surface area contributed by atoms with Crippen LogP contribution < -0.4 is 5.32 Å². The van der Waals surface area contributed by atoms with E-state index in [0.717, 1.165) is 22.3 Å². The van der Waals surface area contributed by atoms with Gasteiger partial charge >= 0.3 is 0 Å². The van der Waals surface area contributed by atoms with E-state index >= 15 is 0 Å². The third-order valence-corrected chi connectivity index (χ3v) is 8.94. The van der Waals surface area contributed by atoms with Gasteiger partial charge in [0.05, 0.1) is 10.9 Å². The highest BCUT2D eigenvalue weighted by Crippen LogP contribution is 2.29. The van der Waals surface area contributed by atoms with Crippen molar-refractivity contribution >= 4 is 15.9 Å². The van der Waals surface area contributed by atoms with Gasteiger partial charge in [0.15, 0.2) is 0 Å². The number of nitrogens with zero attached hydrogens (tertiary/aromatic N) is 1. The number of hydrogen-bond donors (Lipinski definition) is 1. The monoisotopic (exact) mass is 456 g/mol. The third kappa shape index (κ3) is 4.91. The van der Waals surface area contributed by atoms with Crippen molar-refractivity contribution in [2.45, 2.75) is 72.2 Å². The van der Waals surface area contributed by atoms with Crippen LogP contribution in [0.4, 0.5) is 0 Å². The molecule has 1 amide bonds. The average molecular weight is 457 g/mol. The van der Waals surface area contributed by atoms with Gasteiger partial charge in [0.25, 0.3) is 0 Å². The number of carbonyl (C=O) groups excluding carboxylic acids is 1. The predicted octanol–water partition coefficient (Wildman–Crippen LogP) is 4.82. The molecule has 0 aliphatic carbocycles. The second-order valence-electron chi connectivity index (χ2n) is 9.43. The standard InChI is InChI=1S/C26H36N2O3S/c1-16-12-20(5)25(21(6)13-16)32(30,31)28-10-8-23(9-11-28)26(29)27-22(7)24-15-18(3)17(2)14-19(24)4/h12-15,22-23H,8-11H2,1-7H3,(H,27,29)/t22-/m0/s1. The van der Waals surface area contributed by atoms with Crippen LogP contribution in [0.5, 0.6) is 0 Å². The Morgan fingerprint density at radius 2 is 1.41 bits per heavy atom. The molecular weight excluding hydrogens is 420 g/mol. The van der Waals surface area contributed by atoms with Crippen molar-refractivity contribution in [3.05, 3.63) is 63.2 Å². The van der Waals surface area contributed by atoms with Gasteiger partial charge in [-0.3, -0.25) is 4.79 Å². The first-order valence-corrected chi connectivity index (χ1v) is 12.8. The van der Waals surface area contributed by atoms with Crippen LogP contribution >= 0.6 is 0 Å². The first-order chi connectivity index (χ1) is 14.9. The molecular formula is C26H36N2O3S. The molecule has 0 unspecified atom stereocenters. The molecule has 174 valence electrons. The number of aryl methyl sites for hydroxylation is 6. The summed E-state index contributed by atoms with van der Waals surface area (Å²) in [6, 6.07) is 8.05. The summed E-state index contributed by atoms with van der Waals surface area (Å²) in [5.41, 5.74) is 7.38. The highest BCUT2D eigenvalue weighted by Gasteiger charge is 2.34. The summed E-state index contributed by atoms with van der Waals surface area (Å²) < 4.78 is 28.1. The Kier molecular flexibility index (Phi) is 7.15. The summed E-state index contributed by atoms with van der Waals surface area (Å²) in [6.45, 7) is 14.7. The molecule has 1 fully saturated rings. The van der Waals surface area contributed by atoms with Crippen molar-refractivity contribution in [2.24, 2.45) is 5.92 Å². The van der Waals surface area contributed by atoms with Gasteiger partial charge in [-0.25, -0.2) is 8.42 Å². The highest BCUT2D eigenvalue weighted by molar-refractivity contribution is 7.89. The van der Waals surface area contributed by atoms with Gasteiger partial charge in [0, 0.05) is 19.0 Å². The fourth-order valence-electron chi connectivity index (χ4n) is 4.92. The molecule has 1 N–H and O–H groups in total. The maximum atomic E-state index is 13.3. The Morgan fingerprint density at radius 1 is 0.875 bits per heavy atom. The molecule has 3 rings (SSSR count). The normalized spacial score (nSPS) is 16.7. The second-order valence-corrected chi connectivity index (χ2v) is 11.3. The zero-order valence-corrected chi connectivity index (χ0v) is 21.2. The summed E-state index contributed by atoms with van der Waals surface area (Å²) in [4.78, 5) is 13.3. The lowest BCUT2D eigenvalue weighted by Gasteiger charge is -2.32. The van der Waals surface area contributed by atoms with Gasteiger partial charge in [-0.1, -0.05) is 29.8 Å². The van der Waals surface area contributed by atoms with Crippen molar-refractivity contribution in [3.8, 4) is 0 Å². The summed E-state index contributed by atoms with van der Waals surface area (Å²) in [6.07, 6.45) is 1.07. The SMILES string of the molecule is Cc1cc(C)c(S(=O)(=O)N2CCC(C(=O)N[C@@H](C)c3cc(C)c(C)cc3C)CC2)c(C)c1. The molecule has 1 atom stereocenters. The number of rotatable bonds is 5. The predicted molar refractivity (Wildman–Crippen MR) is 129 cm³/mol. The zero-order valence-electron chi connectivity index (χ0n) is 20.4. The Balaban J connectivity index is 1.67. The Bertz CT molecular complexity index is 1110. The van der Waals surface area contributed by atoms with E-state index in [0.29, 0.717) is 30.8 Å². The molecule has 0 aromatic heterocycles. The van der Waals surface area contributed by atoms with E-state index in [9.17, 15) is 13.2 Å². The number of sulfonamides is 1. The van der Waals surface area contributed by atoms with E-state index < -0.39 is 10.0 Å². The third-order valence-electron chi connectivity index (χ3n) is 6.73. The first kappa shape index (κ1) is 24.5. The van der Waals surface area contributed by atoms with Crippen LogP contribution in [0.25, 0.3) is 0 Å². The molecule has 0 spiro atoms. The van der Waals surface area contributed by atoms with E-state index in [-0.39, 0.29) is 17.9 Å². The maximum Gasteiger partial charge on any atom is 0.243 e. The van der Waals surface area contributed by atoms with Gasteiger partial charge in [-0.2, -0.15) is 4.31 Å². The van der Waals surface area contributed by atoms with E-state index in [1.54, 1.807) is 4.31 Å². The van der Waals surface area contributed by atoms with Crippen LogP contribution in [0.2, 0.25) is 0 Å². The van der Waals surface area contributed by atoms with Crippen LogP contribution in [0.3, 0.4) is 0 Å². The number of benzene rings is 2. The Hall–Kier alpha value is -2.18. The molecule has 0 saturated carbocycles. The van der Waals surface area contributed by atoms with Crippen LogP contribution in [0, 0.1) is 47.5 Å². The van der Waals surface area contributed by atoms with E-state index in [1.807, 2.05) is 39.8 Å². The molecule has 6 heteroatoms. The van der Waals surface area contributed by atoms with Gasteiger partial charge in [-0.05, 0) is 94.7 Å². The molecule has 0 radical (unpaired) electrons. The lowest BCUT2D eigenvalue weighted by molar-refractivity contribution is -0.126. The minimum absolute atomic E-state index is 0.00914. The Morgan fingerprint density at radius 3 is 1.97 bits per heavy atom. The summed E-state index contributed by atoms with van der Waals surface area (Å²) in [7, 11) is -3.57. The summed E-state index contributed by atoms with van der Waals surface area (Å²) in [5, 5.41) is 3.16.